The third-order valence-corrected chi connectivity index (χ3v) is 3.28. The molecular weight excluding hydrogens is 230 g/mol. The van der Waals surface area contributed by atoms with Gasteiger partial charge in [0.05, 0.1) is 4.92 Å². The molecule has 92 valence electrons. The second-order valence-electron chi connectivity index (χ2n) is 4.50. The molecule has 1 aromatic carbocycles. The van der Waals surface area contributed by atoms with E-state index in [4.69, 9.17) is 5.73 Å². The molecule has 6 heteroatoms. The second-order valence-corrected chi connectivity index (χ2v) is 4.50. The highest BCUT2D eigenvalue weighted by molar-refractivity contribution is 5.39. The molecule has 0 aromatic heterocycles. The Kier molecular flexibility index (Phi) is 2.61. The van der Waals surface area contributed by atoms with Gasteiger partial charge in [-0.05, 0) is 5.56 Å². The highest BCUT2D eigenvalue weighted by Gasteiger charge is 2.56. The minimum absolute atomic E-state index is 0.0491. The fourth-order valence-electron chi connectivity index (χ4n) is 2.34. The van der Waals surface area contributed by atoms with Crippen LogP contribution >= 0.6 is 0 Å². The van der Waals surface area contributed by atoms with Gasteiger partial charge in [0, 0.05) is 36.9 Å². The van der Waals surface area contributed by atoms with Gasteiger partial charge < -0.3 is 5.73 Å². The molecule has 1 aliphatic rings. The first-order chi connectivity index (χ1) is 7.88. The van der Waals surface area contributed by atoms with E-state index in [-0.39, 0.29) is 25.1 Å². The monoisotopic (exact) mass is 242 g/mol. The summed E-state index contributed by atoms with van der Waals surface area (Å²) in [5, 5.41) is 10.5. The van der Waals surface area contributed by atoms with Gasteiger partial charge >= 0.3 is 0 Å². The zero-order chi connectivity index (χ0) is 12.7. The van der Waals surface area contributed by atoms with E-state index in [0.29, 0.717) is 5.56 Å². The molecular formula is C11H12F2N2O2. The summed E-state index contributed by atoms with van der Waals surface area (Å²) in [4.78, 5) is 9.96. The first-order valence-electron chi connectivity index (χ1n) is 5.21. The number of nitro groups is 1. The van der Waals surface area contributed by atoms with Crippen molar-refractivity contribution in [2.24, 2.45) is 5.73 Å². The van der Waals surface area contributed by atoms with E-state index in [1.807, 2.05) is 0 Å². The van der Waals surface area contributed by atoms with Gasteiger partial charge in [0.2, 0.25) is 5.92 Å². The first-order valence-corrected chi connectivity index (χ1v) is 5.21. The van der Waals surface area contributed by atoms with Crippen LogP contribution in [0.2, 0.25) is 0 Å². The van der Waals surface area contributed by atoms with Crippen LogP contribution in [0.15, 0.2) is 24.3 Å². The van der Waals surface area contributed by atoms with Crippen LogP contribution in [0.25, 0.3) is 0 Å². The maximum atomic E-state index is 12.9. The molecule has 0 amide bonds. The van der Waals surface area contributed by atoms with Crippen molar-refractivity contribution in [2.75, 3.05) is 6.54 Å². The quantitative estimate of drug-likeness (QED) is 0.652. The Morgan fingerprint density at radius 1 is 1.29 bits per heavy atom. The summed E-state index contributed by atoms with van der Waals surface area (Å²) >= 11 is 0. The third kappa shape index (κ3) is 2.00. The Morgan fingerprint density at radius 2 is 1.82 bits per heavy atom. The fraction of sp³-hybridized carbons (Fsp3) is 0.455. The number of nitro benzene ring substituents is 1. The number of nitrogens with two attached hydrogens (primary N) is 1. The molecule has 1 aromatic rings. The lowest BCUT2D eigenvalue weighted by Crippen LogP contribution is -2.53. The summed E-state index contributed by atoms with van der Waals surface area (Å²) in [5.74, 6) is -2.67. The van der Waals surface area contributed by atoms with E-state index in [1.165, 1.54) is 24.3 Å². The number of alkyl halides is 2. The van der Waals surface area contributed by atoms with Crippen LogP contribution in [0, 0.1) is 10.1 Å². The largest absolute Gasteiger partial charge is 0.330 e. The van der Waals surface area contributed by atoms with Gasteiger partial charge in [0.15, 0.2) is 0 Å². The minimum Gasteiger partial charge on any atom is -0.330 e. The number of hydrogen-bond acceptors (Lipinski definition) is 3. The minimum atomic E-state index is -2.67. The summed E-state index contributed by atoms with van der Waals surface area (Å²) < 4.78 is 25.9. The standard InChI is InChI=1S/C11H12F2N2O2/c12-11(13)5-10(6-11,7-14)8-1-3-9(4-2-8)15(16)17/h1-4H,5-7,14H2. The summed E-state index contributed by atoms with van der Waals surface area (Å²) in [7, 11) is 0. The van der Waals surface area contributed by atoms with E-state index in [0.717, 1.165) is 0 Å². The maximum Gasteiger partial charge on any atom is 0.269 e. The number of benzene rings is 1. The van der Waals surface area contributed by atoms with Gasteiger partial charge in [-0.25, -0.2) is 8.78 Å². The molecule has 4 nitrogen and oxygen atoms in total. The van der Waals surface area contributed by atoms with E-state index in [9.17, 15) is 18.9 Å². The normalized spacial score (nSPS) is 20.6. The van der Waals surface area contributed by atoms with E-state index >= 15 is 0 Å². The van der Waals surface area contributed by atoms with Gasteiger partial charge in [-0.15, -0.1) is 0 Å². The predicted octanol–water partition coefficient (Wildman–Crippen LogP) is 2.22. The van der Waals surface area contributed by atoms with Crippen molar-refractivity contribution in [1.82, 2.24) is 0 Å². The van der Waals surface area contributed by atoms with E-state index < -0.39 is 16.3 Å². The SMILES string of the molecule is NCC1(c2ccc([N+](=O)[O-])cc2)CC(F)(F)C1. The summed E-state index contributed by atoms with van der Waals surface area (Å²) in [6, 6.07) is 5.67. The molecule has 1 saturated carbocycles. The molecule has 0 aliphatic heterocycles. The van der Waals surface area contributed by atoms with Crippen molar-refractivity contribution in [3.8, 4) is 0 Å². The maximum absolute atomic E-state index is 12.9. The van der Waals surface area contributed by atoms with Crippen molar-refractivity contribution in [1.29, 1.82) is 0 Å². The van der Waals surface area contributed by atoms with Crippen LogP contribution in [0.3, 0.4) is 0 Å². The van der Waals surface area contributed by atoms with Crippen LogP contribution in [0.1, 0.15) is 18.4 Å². The van der Waals surface area contributed by atoms with E-state index in [2.05, 4.69) is 0 Å². The topological polar surface area (TPSA) is 69.2 Å². The Labute approximate surface area is 96.6 Å². The lowest BCUT2D eigenvalue weighted by atomic mass is 9.62. The van der Waals surface area contributed by atoms with Crippen LogP contribution in [0.5, 0.6) is 0 Å². The van der Waals surface area contributed by atoms with Gasteiger partial charge in [0.25, 0.3) is 5.69 Å². The fourth-order valence-corrected chi connectivity index (χ4v) is 2.34. The number of rotatable bonds is 3. The van der Waals surface area contributed by atoms with Crippen LogP contribution in [-0.2, 0) is 5.41 Å². The average Bonchev–Trinajstić information content (AvgIpc) is 2.25. The molecule has 17 heavy (non-hydrogen) atoms. The average molecular weight is 242 g/mol. The Morgan fingerprint density at radius 3 is 2.18 bits per heavy atom. The first kappa shape index (κ1) is 11.9. The summed E-state index contributed by atoms with van der Waals surface area (Å²) in [5.41, 5.74) is 5.43. The molecule has 2 N–H and O–H groups in total. The van der Waals surface area contributed by atoms with Crippen LogP contribution in [-0.4, -0.2) is 17.4 Å². The highest BCUT2D eigenvalue weighted by atomic mass is 19.3. The van der Waals surface area contributed by atoms with Gasteiger partial charge in [-0.1, -0.05) is 12.1 Å². The number of nitrogens with zero attached hydrogens (tertiary/aromatic N) is 1. The number of non-ortho nitro benzene ring substituents is 1. The third-order valence-electron chi connectivity index (χ3n) is 3.28. The summed E-state index contributed by atoms with van der Waals surface area (Å²) in [6.07, 6.45) is -0.567. The Balaban J connectivity index is 2.25. The molecule has 0 spiro atoms. The van der Waals surface area contributed by atoms with Crippen molar-refractivity contribution < 1.29 is 13.7 Å². The molecule has 0 radical (unpaired) electrons. The zero-order valence-corrected chi connectivity index (χ0v) is 9.03. The molecule has 2 rings (SSSR count). The highest BCUT2D eigenvalue weighted by Crippen LogP contribution is 2.52. The smallest absolute Gasteiger partial charge is 0.269 e. The van der Waals surface area contributed by atoms with E-state index in [1.54, 1.807) is 0 Å². The van der Waals surface area contributed by atoms with Crippen molar-refractivity contribution in [3.63, 3.8) is 0 Å². The summed E-state index contributed by atoms with van der Waals surface area (Å²) in [6.45, 7) is 0.125. The second kappa shape index (κ2) is 3.73. The Hall–Kier alpha value is -1.56. The van der Waals surface area contributed by atoms with Gasteiger partial charge in [-0.2, -0.15) is 0 Å². The molecule has 1 aliphatic carbocycles. The lowest BCUT2D eigenvalue weighted by molar-refractivity contribution is -0.384. The lowest BCUT2D eigenvalue weighted by Gasteiger charge is -2.47. The zero-order valence-electron chi connectivity index (χ0n) is 9.03. The molecule has 0 unspecified atom stereocenters. The Bertz CT molecular complexity index is 437. The van der Waals surface area contributed by atoms with Gasteiger partial charge in [0.1, 0.15) is 0 Å². The number of halogens is 2. The van der Waals surface area contributed by atoms with Gasteiger partial charge in [-0.3, -0.25) is 10.1 Å². The molecule has 0 atom stereocenters. The number of hydrogen-bond donors (Lipinski definition) is 1. The predicted molar refractivity (Wildman–Crippen MR) is 58.0 cm³/mol. The van der Waals surface area contributed by atoms with Crippen molar-refractivity contribution in [2.45, 2.75) is 24.2 Å². The van der Waals surface area contributed by atoms with Crippen molar-refractivity contribution in [3.05, 3.63) is 39.9 Å². The van der Waals surface area contributed by atoms with Crippen LogP contribution < -0.4 is 5.73 Å². The molecule has 0 bridgehead atoms. The molecule has 0 heterocycles. The molecule has 0 saturated heterocycles. The molecule has 1 fully saturated rings. The van der Waals surface area contributed by atoms with Crippen molar-refractivity contribution >= 4 is 5.69 Å². The van der Waals surface area contributed by atoms with Crippen LogP contribution in [0.4, 0.5) is 14.5 Å².